The molecule has 0 fully saturated rings. The molecule has 3 N–H and O–H groups in total. The van der Waals surface area contributed by atoms with Crippen LogP contribution in [-0.2, 0) is 22.8 Å². The standard InChI is InChI=1S/C8H18O2.H2O.O.Ti/c1-3-5-6-8(10)7(9)4-2;;;/h7-10H,3-6H2,1-2H3;1H2;;/q;;;+1/p-1. The first-order valence-corrected chi connectivity index (χ1v) is 5.84. The van der Waals surface area contributed by atoms with E-state index in [4.69, 9.17) is 12.1 Å². The Hall–Kier alpha value is 0.394. The van der Waals surface area contributed by atoms with Gasteiger partial charge in [-0.05, 0) is 12.8 Å². The van der Waals surface area contributed by atoms with Crippen molar-refractivity contribution in [3.05, 3.63) is 0 Å². The molecule has 0 spiro atoms. The van der Waals surface area contributed by atoms with Crippen molar-refractivity contribution in [3.8, 4) is 0 Å². The SMILES string of the molecule is CCCCC(O)C(O)CC.[O]=[Ti][OH]. The van der Waals surface area contributed by atoms with Crippen molar-refractivity contribution in [1.82, 2.24) is 0 Å². The molecule has 2 unspecified atom stereocenters. The summed E-state index contributed by atoms with van der Waals surface area (Å²) in [4.78, 5) is 0. The molecule has 0 saturated heterocycles. The van der Waals surface area contributed by atoms with Gasteiger partial charge < -0.3 is 10.2 Å². The van der Waals surface area contributed by atoms with Crippen LogP contribution in [0, 0.1) is 0 Å². The van der Waals surface area contributed by atoms with Crippen molar-refractivity contribution in [3.63, 3.8) is 0 Å². The second-order valence-corrected chi connectivity index (χ2v) is 3.06. The Balaban J connectivity index is 0. The maximum absolute atomic E-state index is 9.20. The molecule has 0 radical (unpaired) electrons. The van der Waals surface area contributed by atoms with Gasteiger partial charge in [0.1, 0.15) is 0 Å². The van der Waals surface area contributed by atoms with Crippen LogP contribution in [0.5, 0.6) is 0 Å². The molecule has 13 heavy (non-hydrogen) atoms. The predicted octanol–water partition coefficient (Wildman–Crippen LogP) is 0.630. The summed E-state index contributed by atoms with van der Waals surface area (Å²) in [6, 6.07) is 0. The third-order valence-electron chi connectivity index (χ3n) is 1.72. The topological polar surface area (TPSA) is 77.8 Å². The monoisotopic (exact) mass is 227 g/mol. The first-order chi connectivity index (χ1) is 6.13. The number of rotatable bonds is 5. The maximum atomic E-state index is 9.20. The van der Waals surface area contributed by atoms with Crippen molar-refractivity contribution >= 4 is 0 Å². The van der Waals surface area contributed by atoms with Gasteiger partial charge in [0.05, 0.1) is 12.2 Å². The quantitative estimate of drug-likeness (QED) is 0.602. The average molecular weight is 227 g/mol. The fraction of sp³-hybridized carbons (Fsp3) is 1.00. The fourth-order valence-corrected chi connectivity index (χ4v) is 0.878. The number of hydrogen-bond donors (Lipinski definition) is 3. The molecule has 0 heterocycles. The second kappa shape index (κ2) is 12.4. The summed E-state index contributed by atoms with van der Waals surface area (Å²) in [6.07, 6.45) is 2.42. The summed E-state index contributed by atoms with van der Waals surface area (Å²) in [6.45, 7) is 3.95. The Bertz CT molecular complexity index is 110. The number of aliphatic hydroxyl groups excluding tert-OH is 2. The Morgan fingerprint density at radius 2 is 1.69 bits per heavy atom. The van der Waals surface area contributed by atoms with Gasteiger partial charge in [-0.15, -0.1) is 0 Å². The molecule has 2 atom stereocenters. The van der Waals surface area contributed by atoms with Crippen LogP contribution < -0.4 is 0 Å². The number of hydrogen-bond acceptors (Lipinski definition) is 3. The first kappa shape index (κ1) is 15.8. The summed E-state index contributed by atoms with van der Waals surface area (Å²) < 4.78 is 15.8. The third kappa shape index (κ3) is 12.4. The average Bonchev–Trinajstić information content (AvgIpc) is 2.14. The Morgan fingerprint density at radius 3 is 2.00 bits per heavy atom. The first-order valence-electron chi connectivity index (χ1n) is 4.51. The fourth-order valence-electron chi connectivity index (χ4n) is 0.878. The van der Waals surface area contributed by atoms with E-state index in [1.165, 1.54) is 0 Å². The zero-order valence-corrected chi connectivity index (χ0v) is 9.79. The van der Waals surface area contributed by atoms with Gasteiger partial charge in [0, 0.05) is 0 Å². The van der Waals surface area contributed by atoms with Gasteiger partial charge in [-0.2, -0.15) is 0 Å². The second-order valence-electron chi connectivity index (χ2n) is 2.78. The molecule has 0 amide bonds. The van der Waals surface area contributed by atoms with Crippen LogP contribution in [0.2, 0.25) is 0 Å². The molecule has 0 aromatic carbocycles. The van der Waals surface area contributed by atoms with Crippen LogP contribution in [0.15, 0.2) is 0 Å². The van der Waals surface area contributed by atoms with E-state index in [0.29, 0.717) is 6.42 Å². The molecule has 0 aromatic heterocycles. The molecule has 0 aliphatic heterocycles. The molecule has 5 heteroatoms. The van der Waals surface area contributed by atoms with E-state index in [2.05, 4.69) is 6.92 Å². The van der Waals surface area contributed by atoms with Crippen LogP contribution in [0.4, 0.5) is 0 Å². The van der Waals surface area contributed by atoms with Gasteiger partial charge in [-0.1, -0.05) is 26.7 Å². The van der Waals surface area contributed by atoms with Crippen molar-refractivity contribution in [2.24, 2.45) is 0 Å². The molecule has 0 aromatic rings. The molecule has 0 saturated carbocycles. The molecule has 0 aliphatic rings. The zero-order valence-electron chi connectivity index (χ0n) is 8.23. The van der Waals surface area contributed by atoms with Gasteiger partial charge in [-0.3, -0.25) is 0 Å². The van der Waals surface area contributed by atoms with Gasteiger partial charge >= 0.3 is 26.5 Å². The minimum absolute atomic E-state index is 0.509. The van der Waals surface area contributed by atoms with Crippen LogP contribution in [0.25, 0.3) is 0 Å². The molecule has 79 valence electrons. The van der Waals surface area contributed by atoms with E-state index in [1.54, 1.807) is 0 Å². The van der Waals surface area contributed by atoms with Gasteiger partial charge in [0.25, 0.3) is 0 Å². The number of unbranched alkanes of at least 4 members (excludes halogenated alkanes) is 1. The Labute approximate surface area is 88.7 Å². The molecule has 0 aliphatic carbocycles. The van der Waals surface area contributed by atoms with Crippen LogP contribution in [-0.4, -0.2) is 26.1 Å². The van der Waals surface area contributed by atoms with E-state index in [9.17, 15) is 5.11 Å². The summed E-state index contributed by atoms with van der Waals surface area (Å²) in [5.41, 5.74) is 0. The van der Waals surface area contributed by atoms with Crippen LogP contribution >= 0.6 is 0 Å². The van der Waals surface area contributed by atoms with E-state index >= 15 is 0 Å². The van der Waals surface area contributed by atoms with Crippen molar-refractivity contribution in [2.75, 3.05) is 0 Å². The van der Waals surface area contributed by atoms with E-state index in [1.807, 2.05) is 6.92 Å². The van der Waals surface area contributed by atoms with Gasteiger partial charge in [0.2, 0.25) is 0 Å². The summed E-state index contributed by atoms with van der Waals surface area (Å²) in [5, 5.41) is 18.3. The third-order valence-corrected chi connectivity index (χ3v) is 1.72. The molecule has 0 bridgehead atoms. The van der Waals surface area contributed by atoms with E-state index < -0.39 is 31.7 Å². The van der Waals surface area contributed by atoms with Crippen LogP contribution in [0.3, 0.4) is 0 Å². The molecular formula is C8H19O4Ti. The normalized spacial score (nSPS) is 13.6. The number of aliphatic hydroxyl groups is 2. The predicted molar refractivity (Wildman–Crippen MR) is 44.7 cm³/mol. The zero-order chi connectivity index (χ0) is 10.7. The van der Waals surface area contributed by atoms with Gasteiger partial charge in [0.15, 0.2) is 0 Å². The van der Waals surface area contributed by atoms with Crippen molar-refractivity contribution in [2.45, 2.75) is 51.7 Å². The van der Waals surface area contributed by atoms with E-state index in [0.717, 1.165) is 19.3 Å². The summed E-state index contributed by atoms with van der Waals surface area (Å²) in [5.74, 6) is 0. The minimum atomic E-state index is -1.75. The van der Waals surface area contributed by atoms with E-state index in [-0.39, 0.29) is 0 Å². The van der Waals surface area contributed by atoms with Crippen molar-refractivity contribution in [1.29, 1.82) is 0 Å². The molecule has 4 nitrogen and oxygen atoms in total. The Kier molecular flexibility index (Phi) is 15.1. The summed E-state index contributed by atoms with van der Waals surface area (Å²) >= 11 is -1.75. The van der Waals surface area contributed by atoms with Crippen molar-refractivity contribution < 1.29 is 36.7 Å². The summed E-state index contributed by atoms with van der Waals surface area (Å²) in [7, 11) is 0. The molecule has 0 rings (SSSR count). The van der Waals surface area contributed by atoms with Crippen LogP contribution in [0.1, 0.15) is 39.5 Å². The Morgan fingerprint density at radius 1 is 1.23 bits per heavy atom. The van der Waals surface area contributed by atoms with Gasteiger partial charge in [-0.25, -0.2) is 0 Å². The molecular weight excluding hydrogens is 208 g/mol.